The Labute approximate surface area is 158 Å². The molecule has 1 N–H and O–H groups in total. The molecule has 0 spiro atoms. The van der Waals surface area contributed by atoms with Crippen molar-refractivity contribution >= 4 is 17.2 Å². The second-order valence-electron chi connectivity index (χ2n) is 5.95. The highest BCUT2D eigenvalue weighted by Crippen LogP contribution is 2.31. The molecule has 138 valence electrons. The fourth-order valence-corrected chi connectivity index (χ4v) is 3.12. The number of fused-ring (bicyclic) bond motifs is 1. The number of aromatic amines is 1. The highest BCUT2D eigenvalue weighted by molar-refractivity contribution is 6.32. The SMILES string of the molecule is CCc1[nH]n2c(=O)cc(-c3ccc(Cl)c(OC)c3)nc2c1-c1nc(C)no1. The number of hydrogen-bond donors (Lipinski definition) is 1. The third-order valence-corrected chi connectivity index (χ3v) is 4.55. The van der Waals surface area contributed by atoms with Crippen LogP contribution in [0.2, 0.25) is 5.02 Å². The van der Waals surface area contributed by atoms with E-state index in [4.69, 9.17) is 20.9 Å². The summed E-state index contributed by atoms with van der Waals surface area (Å²) in [6.07, 6.45) is 0.643. The van der Waals surface area contributed by atoms with Gasteiger partial charge in [0.05, 0.1) is 17.8 Å². The van der Waals surface area contributed by atoms with E-state index >= 15 is 0 Å². The van der Waals surface area contributed by atoms with Crippen molar-refractivity contribution in [3.8, 4) is 28.5 Å². The van der Waals surface area contributed by atoms with E-state index in [1.165, 1.54) is 17.7 Å². The molecule has 3 aromatic heterocycles. The lowest BCUT2D eigenvalue weighted by atomic mass is 10.1. The van der Waals surface area contributed by atoms with Gasteiger partial charge in [0.2, 0.25) is 0 Å². The summed E-state index contributed by atoms with van der Waals surface area (Å²) >= 11 is 6.10. The van der Waals surface area contributed by atoms with Crippen LogP contribution in [0.25, 0.3) is 28.4 Å². The van der Waals surface area contributed by atoms with Gasteiger partial charge in [0.1, 0.15) is 11.3 Å². The number of aromatic nitrogens is 5. The van der Waals surface area contributed by atoms with Gasteiger partial charge in [-0.25, -0.2) is 9.50 Å². The van der Waals surface area contributed by atoms with E-state index < -0.39 is 0 Å². The fourth-order valence-electron chi connectivity index (χ4n) is 2.93. The predicted molar refractivity (Wildman–Crippen MR) is 100 cm³/mol. The molecule has 27 heavy (non-hydrogen) atoms. The average Bonchev–Trinajstić information content (AvgIpc) is 3.25. The molecule has 9 heteroatoms. The molecular weight excluding hydrogens is 370 g/mol. The first-order valence-corrected chi connectivity index (χ1v) is 8.69. The van der Waals surface area contributed by atoms with Gasteiger partial charge in [0.15, 0.2) is 11.5 Å². The minimum Gasteiger partial charge on any atom is -0.495 e. The molecule has 0 aliphatic rings. The van der Waals surface area contributed by atoms with Crippen LogP contribution < -0.4 is 10.3 Å². The van der Waals surface area contributed by atoms with Crippen molar-refractivity contribution < 1.29 is 9.26 Å². The Bertz CT molecular complexity index is 1210. The van der Waals surface area contributed by atoms with E-state index in [-0.39, 0.29) is 5.56 Å². The Kier molecular flexibility index (Phi) is 4.19. The van der Waals surface area contributed by atoms with Crippen molar-refractivity contribution in [3.05, 3.63) is 51.2 Å². The number of H-pyrrole nitrogens is 1. The van der Waals surface area contributed by atoms with Crippen molar-refractivity contribution in [1.29, 1.82) is 0 Å². The van der Waals surface area contributed by atoms with Crippen molar-refractivity contribution in [1.82, 2.24) is 24.7 Å². The van der Waals surface area contributed by atoms with Gasteiger partial charge in [-0.15, -0.1) is 0 Å². The van der Waals surface area contributed by atoms with Gasteiger partial charge >= 0.3 is 0 Å². The lowest BCUT2D eigenvalue weighted by molar-refractivity contribution is 0.415. The van der Waals surface area contributed by atoms with Gasteiger partial charge in [-0.05, 0) is 25.5 Å². The highest BCUT2D eigenvalue weighted by atomic mass is 35.5. The number of halogens is 1. The van der Waals surface area contributed by atoms with Gasteiger partial charge in [-0.2, -0.15) is 4.98 Å². The molecule has 0 aliphatic carbocycles. The first-order valence-electron chi connectivity index (χ1n) is 8.31. The number of aryl methyl sites for hydroxylation is 2. The van der Waals surface area contributed by atoms with E-state index in [0.29, 0.717) is 51.4 Å². The number of rotatable bonds is 4. The molecule has 0 saturated carbocycles. The van der Waals surface area contributed by atoms with Crippen molar-refractivity contribution in [2.45, 2.75) is 20.3 Å². The summed E-state index contributed by atoms with van der Waals surface area (Å²) in [6.45, 7) is 3.70. The monoisotopic (exact) mass is 385 g/mol. The summed E-state index contributed by atoms with van der Waals surface area (Å²) in [5.74, 6) is 1.33. The van der Waals surface area contributed by atoms with Gasteiger partial charge in [0.25, 0.3) is 11.4 Å². The van der Waals surface area contributed by atoms with Crippen molar-refractivity contribution in [2.75, 3.05) is 7.11 Å². The van der Waals surface area contributed by atoms with Gasteiger partial charge in [-0.3, -0.25) is 9.89 Å². The summed E-state index contributed by atoms with van der Waals surface area (Å²) in [6, 6.07) is 6.68. The lowest BCUT2D eigenvalue weighted by Crippen LogP contribution is -2.14. The molecule has 0 unspecified atom stereocenters. The normalized spacial score (nSPS) is 11.3. The first kappa shape index (κ1) is 17.3. The molecule has 0 saturated heterocycles. The molecule has 0 amide bonds. The summed E-state index contributed by atoms with van der Waals surface area (Å²) < 4.78 is 12.0. The Morgan fingerprint density at radius 1 is 1.30 bits per heavy atom. The number of nitrogens with zero attached hydrogens (tertiary/aromatic N) is 4. The largest absolute Gasteiger partial charge is 0.495 e. The van der Waals surface area contributed by atoms with E-state index in [9.17, 15) is 4.79 Å². The van der Waals surface area contributed by atoms with Gasteiger partial charge in [-0.1, -0.05) is 29.7 Å². The van der Waals surface area contributed by atoms with Crippen LogP contribution in [0.1, 0.15) is 18.4 Å². The molecule has 0 atom stereocenters. The second-order valence-corrected chi connectivity index (χ2v) is 6.36. The predicted octanol–water partition coefficient (Wildman–Crippen LogP) is 3.27. The minimum atomic E-state index is -0.249. The maximum Gasteiger partial charge on any atom is 0.273 e. The molecule has 8 nitrogen and oxygen atoms in total. The molecule has 0 radical (unpaired) electrons. The smallest absolute Gasteiger partial charge is 0.273 e. The Hall–Kier alpha value is -3.13. The molecule has 4 aromatic rings. The Balaban J connectivity index is 1.99. The summed E-state index contributed by atoms with van der Waals surface area (Å²) in [5.41, 5.74) is 2.79. The van der Waals surface area contributed by atoms with E-state index in [0.717, 1.165) is 5.69 Å². The van der Waals surface area contributed by atoms with Gasteiger partial charge < -0.3 is 9.26 Å². The van der Waals surface area contributed by atoms with E-state index in [1.807, 2.05) is 6.92 Å². The first-order chi connectivity index (χ1) is 13.0. The fraction of sp³-hybridized carbons (Fsp3) is 0.222. The van der Waals surface area contributed by atoms with Crippen LogP contribution in [0.5, 0.6) is 5.75 Å². The standard InChI is InChI=1S/C18H16ClN5O3/c1-4-12-16(18-20-9(2)23-27-18)17-21-13(8-15(25)24(17)22-12)10-5-6-11(19)14(7-10)26-3/h5-8,22H,4H2,1-3H3. The highest BCUT2D eigenvalue weighted by Gasteiger charge is 2.21. The Morgan fingerprint density at radius 3 is 2.78 bits per heavy atom. The molecule has 1 aromatic carbocycles. The zero-order valence-electron chi connectivity index (χ0n) is 14.9. The number of methoxy groups -OCH3 is 1. The van der Waals surface area contributed by atoms with E-state index in [2.05, 4.69) is 20.2 Å². The zero-order valence-corrected chi connectivity index (χ0v) is 15.7. The summed E-state index contributed by atoms with van der Waals surface area (Å²) in [4.78, 5) is 21.6. The van der Waals surface area contributed by atoms with Crippen molar-refractivity contribution in [2.24, 2.45) is 0 Å². The van der Waals surface area contributed by atoms with Crippen molar-refractivity contribution in [3.63, 3.8) is 0 Å². The van der Waals surface area contributed by atoms with E-state index in [1.54, 1.807) is 25.1 Å². The maximum atomic E-state index is 12.7. The third kappa shape index (κ3) is 2.87. The molecule has 0 aliphatic heterocycles. The Morgan fingerprint density at radius 2 is 2.11 bits per heavy atom. The molecule has 0 bridgehead atoms. The maximum absolute atomic E-state index is 12.7. The van der Waals surface area contributed by atoms with Crippen LogP contribution in [-0.4, -0.2) is 31.8 Å². The summed E-state index contributed by atoms with van der Waals surface area (Å²) in [5, 5.41) is 7.39. The van der Waals surface area contributed by atoms with Crippen LogP contribution >= 0.6 is 11.6 Å². The minimum absolute atomic E-state index is 0.249. The molecule has 4 rings (SSSR count). The van der Waals surface area contributed by atoms with Crippen LogP contribution in [0, 0.1) is 6.92 Å². The zero-order chi connectivity index (χ0) is 19.1. The van der Waals surface area contributed by atoms with Crippen LogP contribution in [0.4, 0.5) is 0 Å². The summed E-state index contributed by atoms with van der Waals surface area (Å²) in [7, 11) is 1.53. The van der Waals surface area contributed by atoms with Crippen LogP contribution in [0.15, 0.2) is 33.6 Å². The quantitative estimate of drug-likeness (QED) is 0.579. The van der Waals surface area contributed by atoms with Crippen LogP contribution in [0.3, 0.4) is 0 Å². The lowest BCUT2D eigenvalue weighted by Gasteiger charge is -2.06. The average molecular weight is 386 g/mol. The van der Waals surface area contributed by atoms with Gasteiger partial charge in [0, 0.05) is 17.3 Å². The number of benzene rings is 1. The number of nitrogens with one attached hydrogen (secondary N) is 1. The number of ether oxygens (including phenoxy) is 1. The molecule has 0 fully saturated rings. The molecule has 3 heterocycles. The third-order valence-electron chi connectivity index (χ3n) is 4.23. The second kappa shape index (κ2) is 6.55. The topological polar surface area (TPSA) is 98.3 Å². The number of hydrogen-bond acceptors (Lipinski definition) is 6. The molecular formula is C18H16ClN5O3. The van der Waals surface area contributed by atoms with Crippen LogP contribution in [-0.2, 0) is 6.42 Å².